The molecule has 1 aromatic carbocycles. The van der Waals surface area contributed by atoms with E-state index in [1.807, 2.05) is 31.2 Å². The van der Waals surface area contributed by atoms with Crippen molar-refractivity contribution in [3.05, 3.63) is 59.8 Å². The highest BCUT2D eigenvalue weighted by molar-refractivity contribution is 7.99. The van der Waals surface area contributed by atoms with E-state index >= 15 is 0 Å². The molecule has 0 unspecified atom stereocenters. The number of hydrogen-bond acceptors (Lipinski definition) is 5. The third-order valence-corrected chi connectivity index (χ3v) is 6.42. The summed E-state index contributed by atoms with van der Waals surface area (Å²) in [7, 11) is 0. The zero-order valence-electron chi connectivity index (χ0n) is 20.7. The van der Waals surface area contributed by atoms with Crippen molar-refractivity contribution >= 4 is 45.9 Å². The zero-order valence-corrected chi connectivity index (χ0v) is 21.5. The maximum Gasteiger partial charge on any atom is 0.419 e. The van der Waals surface area contributed by atoms with Crippen LogP contribution in [0.2, 0.25) is 0 Å². The monoisotopic (exact) mass is 513 g/mol. The smallest absolute Gasteiger partial charge is 0.419 e. The number of fused-ring (bicyclic) bond motifs is 2. The van der Waals surface area contributed by atoms with Crippen LogP contribution < -0.4 is 0 Å². The molecule has 0 aliphatic heterocycles. The van der Waals surface area contributed by atoms with Crippen molar-refractivity contribution in [2.24, 2.45) is 0 Å². The molecule has 3 heterocycles. The second kappa shape index (κ2) is 9.28. The van der Waals surface area contributed by atoms with Gasteiger partial charge in [-0.3, -0.25) is 4.98 Å². The highest BCUT2D eigenvalue weighted by atomic mass is 32.2. The van der Waals surface area contributed by atoms with Gasteiger partial charge in [0.15, 0.2) is 0 Å². The van der Waals surface area contributed by atoms with E-state index in [2.05, 4.69) is 11.6 Å². The van der Waals surface area contributed by atoms with E-state index in [0.29, 0.717) is 22.5 Å². The zero-order chi connectivity index (χ0) is 26.4. The quantitative estimate of drug-likeness (QED) is 0.258. The minimum absolute atomic E-state index is 0.0146. The number of aryl methyl sites for hydroxylation is 1. The molecule has 36 heavy (non-hydrogen) atoms. The van der Waals surface area contributed by atoms with Gasteiger partial charge in [0.25, 0.3) is 0 Å². The van der Waals surface area contributed by atoms with E-state index in [0.717, 1.165) is 33.9 Å². The lowest BCUT2D eigenvalue weighted by molar-refractivity contribution is -0.137. The lowest BCUT2D eigenvalue weighted by Crippen LogP contribution is -2.27. The molecule has 0 N–H and O–H groups in total. The van der Waals surface area contributed by atoms with Gasteiger partial charge in [-0.1, -0.05) is 31.7 Å². The minimum Gasteiger partial charge on any atom is -0.443 e. The summed E-state index contributed by atoms with van der Waals surface area (Å²) in [6.07, 6.45) is -2.93. The largest absolute Gasteiger partial charge is 0.443 e. The number of ether oxygens (including phenoxy) is 1. The fourth-order valence-corrected chi connectivity index (χ4v) is 4.78. The molecule has 4 rings (SSSR count). The summed E-state index contributed by atoms with van der Waals surface area (Å²) in [5.41, 5.74) is 1.38. The van der Waals surface area contributed by atoms with Crippen molar-refractivity contribution in [3.63, 3.8) is 0 Å². The molecule has 9 heteroatoms. The molecule has 0 radical (unpaired) electrons. The minimum atomic E-state index is -4.62. The highest BCUT2D eigenvalue weighted by Crippen LogP contribution is 2.40. The van der Waals surface area contributed by atoms with Crippen LogP contribution in [-0.4, -0.2) is 32.0 Å². The van der Waals surface area contributed by atoms with Crippen LogP contribution in [0.15, 0.2) is 48.0 Å². The third-order valence-electron chi connectivity index (χ3n) is 5.51. The van der Waals surface area contributed by atoms with Gasteiger partial charge >= 0.3 is 12.3 Å². The molecule has 188 valence electrons. The first-order valence-electron chi connectivity index (χ1n) is 11.4. The number of carbonyl (C=O) groups is 1. The molecule has 0 aliphatic carbocycles. The molecule has 4 aromatic rings. The molecule has 3 aromatic heterocycles. The van der Waals surface area contributed by atoms with Gasteiger partial charge in [0.2, 0.25) is 0 Å². The fraction of sp³-hybridized carbons (Fsp3) is 0.296. The van der Waals surface area contributed by atoms with Crippen LogP contribution in [0.4, 0.5) is 18.0 Å². The van der Waals surface area contributed by atoms with E-state index in [-0.39, 0.29) is 11.0 Å². The number of carbonyl (C=O) groups excluding carboxylic acids is 1. The average Bonchev–Trinajstić information content (AvgIpc) is 3.08. The molecule has 0 aliphatic rings. The molecule has 0 spiro atoms. The van der Waals surface area contributed by atoms with Gasteiger partial charge in [-0.15, -0.1) is 11.8 Å². The summed E-state index contributed by atoms with van der Waals surface area (Å²) in [6, 6.07) is 8.66. The number of hydrogen-bond donors (Lipinski definition) is 0. The van der Waals surface area contributed by atoms with E-state index in [1.165, 1.54) is 16.3 Å². The number of nitrogens with zero attached hydrogens (tertiary/aromatic N) is 3. The fourth-order valence-electron chi connectivity index (χ4n) is 3.98. The van der Waals surface area contributed by atoms with Crippen molar-refractivity contribution < 1.29 is 22.7 Å². The normalized spacial score (nSPS) is 12.3. The Hall–Kier alpha value is -3.33. The number of thioether (sulfide) groups is 1. The predicted molar refractivity (Wildman–Crippen MR) is 138 cm³/mol. The SMILES string of the molecule is C=Cc1ccc2cc(SCC)c(-c3c(C)c4ncc(C(F)(F)F)cc4n3C(=O)OC(C)(C)C)nc2c1. The standard InChI is InChI=1S/C27H26F3N3O2S/c1-7-16-9-10-17-12-21(36-8-2)23(32-19(17)11-16)24-15(3)22-20(13-18(14-31-22)27(28,29)30)33(24)25(34)35-26(4,5)6/h7,9-14H,1,8H2,2-6H3. The van der Waals surface area contributed by atoms with E-state index in [9.17, 15) is 18.0 Å². The molecular formula is C27H26F3N3O2S. The Balaban J connectivity index is 2.11. The Morgan fingerprint density at radius 1 is 1.19 bits per heavy atom. The molecule has 0 bridgehead atoms. The lowest BCUT2D eigenvalue weighted by atomic mass is 10.1. The van der Waals surface area contributed by atoms with Gasteiger partial charge in [-0.25, -0.2) is 14.3 Å². The molecule has 0 amide bonds. The average molecular weight is 514 g/mol. The van der Waals surface area contributed by atoms with Crippen LogP contribution in [0.25, 0.3) is 39.4 Å². The summed E-state index contributed by atoms with van der Waals surface area (Å²) in [6.45, 7) is 12.6. The first kappa shape index (κ1) is 25.8. The molecule has 0 fully saturated rings. The summed E-state index contributed by atoms with van der Waals surface area (Å²) in [5, 5.41) is 0.898. The van der Waals surface area contributed by atoms with Crippen LogP contribution in [0.1, 0.15) is 44.4 Å². The van der Waals surface area contributed by atoms with Crippen LogP contribution >= 0.6 is 11.8 Å². The maximum atomic E-state index is 13.6. The summed E-state index contributed by atoms with van der Waals surface area (Å²) in [4.78, 5) is 23.2. The van der Waals surface area contributed by atoms with Gasteiger partial charge in [-0.2, -0.15) is 13.2 Å². The van der Waals surface area contributed by atoms with Gasteiger partial charge in [0, 0.05) is 22.0 Å². The Bertz CT molecular complexity index is 1500. The summed E-state index contributed by atoms with van der Waals surface area (Å²) < 4.78 is 47.5. The number of rotatable bonds is 4. The lowest BCUT2D eigenvalue weighted by Gasteiger charge is -2.21. The van der Waals surface area contributed by atoms with Crippen molar-refractivity contribution in [1.29, 1.82) is 0 Å². The second-order valence-electron chi connectivity index (χ2n) is 9.30. The van der Waals surface area contributed by atoms with Crippen LogP contribution in [0, 0.1) is 6.92 Å². The topological polar surface area (TPSA) is 57.0 Å². The van der Waals surface area contributed by atoms with Crippen LogP contribution in [0.3, 0.4) is 0 Å². The summed E-state index contributed by atoms with van der Waals surface area (Å²) in [5.74, 6) is 0.729. The third kappa shape index (κ3) is 4.84. The van der Waals surface area contributed by atoms with Crippen molar-refractivity contribution in [2.75, 3.05) is 5.75 Å². The van der Waals surface area contributed by atoms with Gasteiger partial charge in [0.05, 0.1) is 27.8 Å². The van der Waals surface area contributed by atoms with Gasteiger partial charge in [0.1, 0.15) is 11.3 Å². The Kier molecular flexibility index (Phi) is 6.64. The second-order valence-corrected chi connectivity index (χ2v) is 10.6. The predicted octanol–water partition coefficient (Wildman–Crippen LogP) is 8.12. The molecule has 0 saturated carbocycles. The highest BCUT2D eigenvalue weighted by Gasteiger charge is 2.34. The van der Waals surface area contributed by atoms with Crippen molar-refractivity contribution in [1.82, 2.24) is 14.5 Å². The number of alkyl halides is 3. The van der Waals surface area contributed by atoms with Gasteiger partial charge in [-0.05, 0) is 57.2 Å². The molecule has 5 nitrogen and oxygen atoms in total. The Labute approximate surface area is 211 Å². The van der Waals surface area contributed by atoms with Crippen molar-refractivity contribution in [2.45, 2.75) is 51.3 Å². The Morgan fingerprint density at radius 3 is 2.53 bits per heavy atom. The first-order valence-corrected chi connectivity index (χ1v) is 12.3. The van der Waals surface area contributed by atoms with Crippen molar-refractivity contribution in [3.8, 4) is 11.4 Å². The van der Waals surface area contributed by atoms with Crippen LogP contribution in [0.5, 0.6) is 0 Å². The van der Waals surface area contributed by atoms with E-state index < -0.39 is 23.4 Å². The maximum absolute atomic E-state index is 13.6. The number of pyridine rings is 2. The van der Waals surface area contributed by atoms with Gasteiger partial charge < -0.3 is 4.74 Å². The number of halogens is 3. The van der Waals surface area contributed by atoms with E-state index in [1.54, 1.807) is 33.8 Å². The van der Waals surface area contributed by atoms with E-state index in [4.69, 9.17) is 9.72 Å². The first-order chi connectivity index (χ1) is 16.8. The molecule has 0 saturated heterocycles. The van der Waals surface area contributed by atoms with Crippen LogP contribution in [-0.2, 0) is 10.9 Å². The number of aromatic nitrogens is 3. The molecule has 0 atom stereocenters. The molecular weight excluding hydrogens is 487 g/mol. The number of benzene rings is 1. The Morgan fingerprint density at radius 2 is 1.92 bits per heavy atom. The summed E-state index contributed by atoms with van der Waals surface area (Å²) >= 11 is 1.53.